The average Bonchev–Trinajstić information content (AvgIpc) is 2.96. The van der Waals surface area contributed by atoms with Crippen molar-refractivity contribution in [1.82, 2.24) is 4.98 Å². The average molecular weight is 487 g/mol. The summed E-state index contributed by atoms with van der Waals surface area (Å²) in [6, 6.07) is 13.0. The number of nitriles is 1. The predicted molar refractivity (Wildman–Crippen MR) is 116 cm³/mol. The van der Waals surface area contributed by atoms with E-state index in [1.165, 1.54) is 6.92 Å². The van der Waals surface area contributed by atoms with Crippen LogP contribution in [0.5, 0.6) is 0 Å². The Hall–Kier alpha value is -2.59. The molecular weight excluding hydrogens is 466 g/mol. The number of cyclic esters (lactones) is 1. The Bertz CT molecular complexity index is 1080. The molecule has 2 aliphatic rings. The fraction of sp³-hybridized carbons (Fsp3) is 0.375. The summed E-state index contributed by atoms with van der Waals surface area (Å²) < 4.78 is 33.5. The molecule has 0 N–H and O–H groups in total. The summed E-state index contributed by atoms with van der Waals surface area (Å²) in [6.45, 7) is 3.27. The summed E-state index contributed by atoms with van der Waals surface area (Å²) in [4.78, 5) is 16.7. The van der Waals surface area contributed by atoms with Crippen molar-refractivity contribution < 1.29 is 18.3 Å². The molecule has 4 rings (SSSR count). The van der Waals surface area contributed by atoms with Crippen molar-refractivity contribution in [3.05, 3.63) is 59.9 Å². The van der Waals surface area contributed by atoms with Crippen LogP contribution in [-0.2, 0) is 9.53 Å². The normalized spacial score (nSPS) is 31.8. The minimum Gasteiger partial charge on any atom is -0.461 e. The molecule has 0 bridgehead atoms. The van der Waals surface area contributed by atoms with Gasteiger partial charge in [-0.15, -0.1) is 0 Å². The fourth-order valence-corrected chi connectivity index (χ4v) is 5.89. The Morgan fingerprint density at radius 1 is 1.26 bits per heavy atom. The van der Waals surface area contributed by atoms with E-state index in [-0.39, 0.29) is 0 Å². The zero-order valence-corrected chi connectivity index (χ0v) is 18.6. The van der Waals surface area contributed by atoms with E-state index >= 15 is 0 Å². The molecule has 2 fully saturated rings. The number of benzene rings is 1. The molecule has 1 aliphatic heterocycles. The van der Waals surface area contributed by atoms with Crippen molar-refractivity contribution in [2.45, 2.75) is 36.6 Å². The van der Waals surface area contributed by atoms with Crippen LogP contribution in [0, 0.1) is 29.1 Å². The summed E-state index contributed by atoms with van der Waals surface area (Å²) in [7, 11) is 0. The highest BCUT2D eigenvalue weighted by molar-refractivity contribution is 9.10. The third kappa shape index (κ3) is 3.67. The maximum Gasteiger partial charge on any atom is 0.323 e. The topological polar surface area (TPSA) is 63.0 Å². The first-order valence-corrected chi connectivity index (χ1v) is 10.9. The van der Waals surface area contributed by atoms with Gasteiger partial charge in [0.2, 0.25) is 0 Å². The summed E-state index contributed by atoms with van der Waals surface area (Å²) in [6.07, 6.45) is 4.07. The lowest BCUT2D eigenvalue weighted by Crippen LogP contribution is -2.54. The molecule has 0 radical (unpaired) electrons. The number of pyridine rings is 1. The van der Waals surface area contributed by atoms with Gasteiger partial charge < -0.3 is 4.74 Å². The highest BCUT2D eigenvalue weighted by Gasteiger charge is 2.67. The lowest BCUT2D eigenvalue weighted by molar-refractivity contribution is -0.147. The molecule has 5 atom stereocenters. The molecule has 1 aromatic heterocycles. The van der Waals surface area contributed by atoms with Crippen molar-refractivity contribution in [3.63, 3.8) is 0 Å². The van der Waals surface area contributed by atoms with Gasteiger partial charge in [-0.2, -0.15) is 5.26 Å². The molecule has 2 heterocycles. The number of nitrogens with zero attached hydrogens (tertiary/aromatic N) is 2. The highest BCUT2D eigenvalue weighted by atomic mass is 79.9. The second-order valence-corrected chi connectivity index (χ2v) is 9.71. The van der Waals surface area contributed by atoms with Crippen LogP contribution in [0.3, 0.4) is 0 Å². The summed E-state index contributed by atoms with van der Waals surface area (Å²) in [5, 5.41) is 9.28. The second-order valence-electron chi connectivity index (χ2n) is 8.29. The molecule has 0 amide bonds. The first-order valence-electron chi connectivity index (χ1n) is 10.1. The number of fused-ring (bicyclic) bond motifs is 1. The van der Waals surface area contributed by atoms with Crippen LogP contribution in [-0.4, -0.2) is 27.3 Å². The number of hydrogen-bond donors (Lipinski definition) is 0. The van der Waals surface area contributed by atoms with E-state index in [0.717, 1.165) is 11.1 Å². The molecular formula is C24H21BrF2N2O2. The Balaban J connectivity index is 1.62. The van der Waals surface area contributed by atoms with Gasteiger partial charge in [-0.25, -0.2) is 8.78 Å². The third-order valence-electron chi connectivity index (χ3n) is 6.45. The van der Waals surface area contributed by atoms with Gasteiger partial charge in [0, 0.05) is 35.6 Å². The molecule has 1 saturated carbocycles. The third-order valence-corrected chi connectivity index (χ3v) is 7.58. The Morgan fingerprint density at radius 2 is 2.00 bits per heavy atom. The Labute approximate surface area is 188 Å². The Morgan fingerprint density at radius 3 is 2.68 bits per heavy atom. The van der Waals surface area contributed by atoms with Crippen molar-refractivity contribution in [2.75, 3.05) is 0 Å². The van der Waals surface area contributed by atoms with Crippen molar-refractivity contribution >= 4 is 28.0 Å². The van der Waals surface area contributed by atoms with E-state index in [9.17, 15) is 18.8 Å². The first-order chi connectivity index (χ1) is 14.7. The number of hydrogen-bond acceptors (Lipinski definition) is 4. The number of carbonyl (C=O) groups is 1. The number of allylic oxidation sites excluding steroid dienone is 1. The molecule has 1 aromatic carbocycles. The lowest BCUT2D eigenvalue weighted by Gasteiger charge is -2.45. The Kier molecular flexibility index (Phi) is 5.47. The van der Waals surface area contributed by atoms with Gasteiger partial charge in [0.1, 0.15) is 10.4 Å². The smallest absolute Gasteiger partial charge is 0.323 e. The molecule has 31 heavy (non-hydrogen) atoms. The second kappa shape index (κ2) is 7.83. The van der Waals surface area contributed by atoms with Crippen molar-refractivity contribution in [3.8, 4) is 17.2 Å². The van der Waals surface area contributed by atoms with Gasteiger partial charge in [-0.05, 0) is 31.1 Å². The van der Waals surface area contributed by atoms with Crippen molar-refractivity contribution in [2.24, 2.45) is 17.8 Å². The summed E-state index contributed by atoms with van der Waals surface area (Å²) in [5.74, 6) is -5.53. The fourth-order valence-electron chi connectivity index (χ4n) is 4.74. The monoisotopic (exact) mass is 486 g/mol. The first kappa shape index (κ1) is 21.6. The SMILES string of the molecule is C[C@H]1OC(=O)[C@]2(Br)CC(F)(F)[C@@H](C)[C@H](/C=C/c3ccc(-c4ccccc4C#N)cn3)[C@H]12. The van der Waals surface area contributed by atoms with Gasteiger partial charge in [0.25, 0.3) is 5.92 Å². The van der Waals surface area contributed by atoms with Crippen LogP contribution in [0.25, 0.3) is 17.2 Å². The number of esters is 1. The van der Waals surface area contributed by atoms with E-state index < -0.39 is 46.5 Å². The maximum atomic E-state index is 14.8. The van der Waals surface area contributed by atoms with Crippen LogP contribution in [0.1, 0.15) is 31.5 Å². The standard InChI is InChI=1S/C24H21BrF2N2O2/c1-14-19(21-15(2)31-22(30)23(21,25)13-24(14,26)27)10-9-18-8-7-17(12-29-18)20-6-4-3-5-16(20)11-28/h3-10,12,14-15,19,21H,13H2,1-2H3/b10-9+/t14-,15+,19-,21-,23-/m0/s1. The molecule has 0 spiro atoms. The number of alkyl halides is 3. The number of aromatic nitrogens is 1. The van der Waals surface area contributed by atoms with Gasteiger partial charge in [-0.1, -0.05) is 53.2 Å². The number of carbonyl (C=O) groups excluding carboxylic acids is 1. The van der Waals surface area contributed by atoms with Gasteiger partial charge in [0.05, 0.1) is 17.3 Å². The largest absolute Gasteiger partial charge is 0.461 e. The van der Waals surface area contributed by atoms with Crippen LogP contribution >= 0.6 is 15.9 Å². The minimum absolute atomic E-state index is 0.396. The number of ether oxygens (including phenoxy) is 1. The van der Waals surface area contributed by atoms with E-state index in [4.69, 9.17) is 4.74 Å². The van der Waals surface area contributed by atoms with E-state index in [2.05, 4.69) is 27.0 Å². The minimum atomic E-state index is -3.00. The molecule has 0 unspecified atom stereocenters. The molecule has 1 aliphatic carbocycles. The highest BCUT2D eigenvalue weighted by Crippen LogP contribution is 2.58. The molecule has 4 nitrogen and oxygen atoms in total. The summed E-state index contributed by atoms with van der Waals surface area (Å²) in [5.41, 5.74) is 2.75. The predicted octanol–water partition coefficient (Wildman–Crippen LogP) is 5.62. The van der Waals surface area contributed by atoms with Gasteiger partial charge >= 0.3 is 5.97 Å². The molecule has 7 heteroatoms. The van der Waals surface area contributed by atoms with E-state index in [1.807, 2.05) is 18.2 Å². The zero-order chi connectivity index (χ0) is 22.4. The van der Waals surface area contributed by atoms with Crippen LogP contribution in [0.2, 0.25) is 0 Å². The lowest BCUT2D eigenvalue weighted by atomic mass is 9.64. The quantitative estimate of drug-likeness (QED) is 0.417. The maximum absolute atomic E-state index is 14.8. The van der Waals surface area contributed by atoms with Crippen LogP contribution in [0.4, 0.5) is 8.78 Å². The van der Waals surface area contributed by atoms with E-state index in [0.29, 0.717) is 11.3 Å². The van der Waals surface area contributed by atoms with Crippen LogP contribution in [0.15, 0.2) is 48.7 Å². The molecule has 2 aromatic rings. The zero-order valence-electron chi connectivity index (χ0n) is 17.1. The van der Waals surface area contributed by atoms with Crippen LogP contribution < -0.4 is 0 Å². The van der Waals surface area contributed by atoms with Crippen molar-refractivity contribution in [1.29, 1.82) is 5.26 Å². The summed E-state index contributed by atoms with van der Waals surface area (Å²) >= 11 is 3.32. The van der Waals surface area contributed by atoms with Gasteiger partial charge in [-0.3, -0.25) is 9.78 Å². The van der Waals surface area contributed by atoms with Gasteiger partial charge in [0.15, 0.2) is 0 Å². The molecule has 1 saturated heterocycles. The van der Waals surface area contributed by atoms with E-state index in [1.54, 1.807) is 43.5 Å². The molecule has 160 valence electrons. The number of halogens is 3. The number of rotatable bonds is 3.